The fourth-order valence-electron chi connectivity index (χ4n) is 5.22. The molecule has 0 saturated heterocycles. The van der Waals surface area contributed by atoms with E-state index in [0.29, 0.717) is 0 Å². The van der Waals surface area contributed by atoms with Crippen LogP contribution in [0.25, 0.3) is 10.8 Å². The Balaban J connectivity index is 1.39. The third-order valence-corrected chi connectivity index (χ3v) is 7.16. The second-order valence-corrected chi connectivity index (χ2v) is 9.42. The van der Waals surface area contributed by atoms with Crippen molar-refractivity contribution in [3.8, 4) is 5.75 Å². The number of para-hydroxylation sites is 1. The van der Waals surface area contributed by atoms with Crippen molar-refractivity contribution >= 4 is 16.7 Å². The minimum atomic E-state index is -0.0492. The van der Waals surface area contributed by atoms with E-state index in [4.69, 9.17) is 4.74 Å². The molecule has 1 aliphatic rings. The Morgan fingerprint density at radius 3 is 2.63 bits per heavy atom. The zero-order chi connectivity index (χ0) is 24.4. The van der Waals surface area contributed by atoms with Gasteiger partial charge in [-0.15, -0.1) is 0 Å². The predicted octanol–water partition coefficient (Wildman–Crippen LogP) is 6.14. The topological polar surface area (TPSA) is 50.4 Å². The molecule has 1 aliphatic heterocycles. The van der Waals surface area contributed by atoms with E-state index in [1.807, 2.05) is 25.1 Å². The first-order chi connectivity index (χ1) is 17.0. The van der Waals surface area contributed by atoms with Crippen molar-refractivity contribution < 1.29 is 9.53 Å². The van der Waals surface area contributed by atoms with E-state index in [1.165, 1.54) is 21.9 Å². The van der Waals surface area contributed by atoms with Gasteiger partial charge in [0.1, 0.15) is 11.9 Å². The molecule has 2 N–H and O–H groups in total. The molecule has 0 fully saturated rings. The Kier molecular flexibility index (Phi) is 6.56. The van der Waals surface area contributed by atoms with Crippen LogP contribution >= 0.6 is 0 Å². The fraction of sp³-hybridized carbons (Fsp3) is 0.258. The van der Waals surface area contributed by atoms with Gasteiger partial charge >= 0.3 is 0 Å². The van der Waals surface area contributed by atoms with E-state index >= 15 is 0 Å². The number of nitrogens with one attached hydrogen (secondary N) is 2. The smallest absolute Gasteiger partial charge is 0.251 e. The lowest BCUT2D eigenvalue weighted by Gasteiger charge is -2.33. The van der Waals surface area contributed by atoms with Gasteiger partial charge in [0.05, 0.1) is 0 Å². The molecule has 0 saturated carbocycles. The molecule has 0 spiro atoms. The SMILES string of the molecule is CNC(=O)c1cc([C@@H]2C[C@H](CN[C@H](C)c3cccc4ccccc34)Oc3ccccc32)ccc1C. The van der Waals surface area contributed by atoms with Gasteiger partial charge in [0.2, 0.25) is 0 Å². The van der Waals surface area contributed by atoms with Crippen molar-refractivity contribution in [3.63, 3.8) is 0 Å². The van der Waals surface area contributed by atoms with Gasteiger partial charge < -0.3 is 15.4 Å². The highest BCUT2D eigenvalue weighted by molar-refractivity contribution is 5.95. The first-order valence-electron chi connectivity index (χ1n) is 12.3. The third kappa shape index (κ3) is 4.67. The van der Waals surface area contributed by atoms with Crippen molar-refractivity contribution in [2.45, 2.75) is 38.3 Å². The Morgan fingerprint density at radius 1 is 1.00 bits per heavy atom. The molecule has 4 aromatic rings. The highest BCUT2D eigenvalue weighted by Gasteiger charge is 2.30. The molecule has 0 bridgehead atoms. The maximum Gasteiger partial charge on any atom is 0.251 e. The number of ether oxygens (including phenoxy) is 1. The summed E-state index contributed by atoms with van der Waals surface area (Å²) in [6, 6.07) is 29.7. The Labute approximate surface area is 207 Å². The summed E-state index contributed by atoms with van der Waals surface area (Å²) in [5.41, 5.74) is 5.34. The largest absolute Gasteiger partial charge is 0.489 e. The van der Waals surface area contributed by atoms with Crippen LogP contribution in [0.1, 0.15) is 57.9 Å². The molecular weight excluding hydrogens is 432 g/mol. The molecule has 35 heavy (non-hydrogen) atoms. The van der Waals surface area contributed by atoms with Crippen LogP contribution in [0.4, 0.5) is 0 Å². The molecule has 0 aliphatic carbocycles. The zero-order valence-electron chi connectivity index (χ0n) is 20.5. The Bertz CT molecular complexity index is 1360. The van der Waals surface area contributed by atoms with Crippen molar-refractivity contribution in [1.29, 1.82) is 0 Å². The van der Waals surface area contributed by atoms with Crippen molar-refractivity contribution in [3.05, 3.63) is 113 Å². The van der Waals surface area contributed by atoms with Crippen LogP contribution < -0.4 is 15.4 Å². The third-order valence-electron chi connectivity index (χ3n) is 7.16. The van der Waals surface area contributed by atoms with Crippen LogP contribution in [0, 0.1) is 6.92 Å². The summed E-state index contributed by atoms with van der Waals surface area (Å²) in [6.45, 7) is 4.93. The van der Waals surface area contributed by atoms with E-state index in [0.717, 1.165) is 35.4 Å². The van der Waals surface area contributed by atoms with E-state index in [-0.39, 0.29) is 24.0 Å². The quantitative estimate of drug-likeness (QED) is 0.360. The molecule has 3 atom stereocenters. The average Bonchev–Trinajstić information content (AvgIpc) is 2.90. The van der Waals surface area contributed by atoms with E-state index < -0.39 is 0 Å². The number of aryl methyl sites for hydroxylation is 1. The highest BCUT2D eigenvalue weighted by atomic mass is 16.5. The maximum atomic E-state index is 12.4. The van der Waals surface area contributed by atoms with Crippen molar-refractivity contribution in [2.75, 3.05) is 13.6 Å². The summed E-state index contributed by atoms with van der Waals surface area (Å²) in [5.74, 6) is 1.05. The number of benzene rings is 4. The van der Waals surface area contributed by atoms with E-state index in [9.17, 15) is 4.79 Å². The van der Waals surface area contributed by atoms with Gasteiger partial charge in [-0.25, -0.2) is 0 Å². The second kappa shape index (κ2) is 9.93. The van der Waals surface area contributed by atoms with Gasteiger partial charge in [-0.05, 0) is 59.9 Å². The standard InChI is InChI=1S/C31H32N2O2/c1-20-15-16-23(17-28(20)31(34)32-3)29-18-24(35-30-14-7-6-12-27(29)30)19-33-21(2)25-13-8-10-22-9-4-5-11-26(22)25/h4-17,21,24,29,33H,18-19H2,1-3H3,(H,32,34)/t21-,24-,29+/m1/s1. The monoisotopic (exact) mass is 464 g/mol. The highest BCUT2D eigenvalue weighted by Crippen LogP contribution is 2.40. The molecular formula is C31H32N2O2. The lowest BCUT2D eigenvalue weighted by Crippen LogP contribution is -2.37. The number of carbonyl (C=O) groups excluding carboxylic acids is 1. The molecule has 4 heteroatoms. The molecule has 178 valence electrons. The van der Waals surface area contributed by atoms with Crippen LogP contribution in [-0.2, 0) is 0 Å². The van der Waals surface area contributed by atoms with Crippen LogP contribution in [0.5, 0.6) is 5.75 Å². The lowest BCUT2D eigenvalue weighted by atomic mass is 9.83. The number of hydrogen-bond donors (Lipinski definition) is 2. The number of amides is 1. The summed E-state index contributed by atoms with van der Waals surface area (Å²) in [5, 5.41) is 9.03. The molecule has 1 heterocycles. The fourth-order valence-corrected chi connectivity index (χ4v) is 5.22. The summed E-state index contributed by atoms with van der Waals surface area (Å²) in [7, 11) is 1.68. The van der Waals surface area contributed by atoms with E-state index in [1.54, 1.807) is 7.05 Å². The molecule has 1 amide bonds. The van der Waals surface area contributed by atoms with Crippen molar-refractivity contribution in [1.82, 2.24) is 10.6 Å². The molecule has 4 aromatic carbocycles. The lowest BCUT2D eigenvalue weighted by molar-refractivity contribution is 0.0962. The van der Waals surface area contributed by atoms with Crippen LogP contribution in [0.3, 0.4) is 0 Å². The molecule has 0 unspecified atom stereocenters. The van der Waals surface area contributed by atoms with Gasteiger partial charge in [0.25, 0.3) is 5.91 Å². The van der Waals surface area contributed by atoms with Gasteiger partial charge in [-0.2, -0.15) is 0 Å². The predicted molar refractivity (Wildman–Crippen MR) is 142 cm³/mol. The second-order valence-electron chi connectivity index (χ2n) is 9.42. The molecule has 5 rings (SSSR count). The number of carbonyl (C=O) groups is 1. The van der Waals surface area contributed by atoms with Gasteiger partial charge in [0.15, 0.2) is 0 Å². The molecule has 0 aromatic heterocycles. The Hall–Kier alpha value is -3.63. The van der Waals surface area contributed by atoms with Crippen LogP contribution in [-0.4, -0.2) is 25.6 Å². The van der Waals surface area contributed by atoms with Crippen LogP contribution in [0.2, 0.25) is 0 Å². The molecule has 4 nitrogen and oxygen atoms in total. The van der Waals surface area contributed by atoms with Crippen molar-refractivity contribution in [2.24, 2.45) is 0 Å². The minimum Gasteiger partial charge on any atom is -0.489 e. The number of fused-ring (bicyclic) bond motifs is 2. The summed E-state index contributed by atoms with van der Waals surface area (Å²) in [6.07, 6.45) is 0.875. The Morgan fingerprint density at radius 2 is 1.77 bits per heavy atom. The average molecular weight is 465 g/mol. The molecule has 0 radical (unpaired) electrons. The summed E-state index contributed by atoms with van der Waals surface area (Å²) in [4.78, 5) is 12.4. The first kappa shape index (κ1) is 23.1. The van der Waals surface area contributed by atoms with E-state index in [2.05, 4.69) is 84.3 Å². The number of rotatable bonds is 6. The summed E-state index contributed by atoms with van der Waals surface area (Å²) < 4.78 is 6.44. The zero-order valence-corrected chi connectivity index (χ0v) is 20.5. The summed E-state index contributed by atoms with van der Waals surface area (Å²) >= 11 is 0. The van der Waals surface area contributed by atoms with Gasteiger partial charge in [-0.3, -0.25) is 4.79 Å². The van der Waals surface area contributed by atoms with Crippen LogP contribution in [0.15, 0.2) is 84.9 Å². The first-order valence-corrected chi connectivity index (χ1v) is 12.3. The minimum absolute atomic E-state index is 0.0251. The maximum absolute atomic E-state index is 12.4. The van der Waals surface area contributed by atoms with Gasteiger partial charge in [-0.1, -0.05) is 72.8 Å². The normalized spacial score (nSPS) is 17.9. The van der Waals surface area contributed by atoms with Gasteiger partial charge in [0, 0.05) is 36.7 Å². The number of hydrogen-bond acceptors (Lipinski definition) is 3.